The minimum atomic E-state index is -2.61. The summed E-state index contributed by atoms with van der Waals surface area (Å²) >= 11 is 0. The number of carbonyl (C=O) groups is 3. The summed E-state index contributed by atoms with van der Waals surface area (Å²) in [5, 5.41) is 47.1. The van der Waals surface area contributed by atoms with Gasteiger partial charge in [-0.05, 0) is 73.5 Å². The minimum absolute atomic E-state index is 0.0217. The van der Waals surface area contributed by atoms with E-state index in [0.29, 0.717) is 23.5 Å². The van der Waals surface area contributed by atoms with Crippen molar-refractivity contribution in [1.82, 2.24) is 0 Å². The molecule has 3 aliphatic rings. The van der Waals surface area contributed by atoms with Gasteiger partial charge >= 0.3 is 0 Å². The minimum Gasteiger partial charge on any atom is -0.511 e. The average Bonchev–Trinajstić information content (AvgIpc) is 2.85. The van der Waals surface area contributed by atoms with Crippen molar-refractivity contribution in [2.75, 3.05) is 0 Å². The lowest BCUT2D eigenvalue weighted by molar-refractivity contribution is -0.171. The molecule has 0 amide bonds. The molecule has 4 N–H and O–H groups in total. The molecule has 4 rings (SSSR count). The number of allylic oxidation sites excluding steroid dienone is 3. The number of hydrogen-bond acceptors (Lipinski definition) is 7. The highest BCUT2D eigenvalue weighted by molar-refractivity contribution is 6.25. The van der Waals surface area contributed by atoms with Gasteiger partial charge in [0.15, 0.2) is 17.2 Å². The summed E-state index contributed by atoms with van der Waals surface area (Å²) in [6, 6.07) is 1.96. The quantitative estimate of drug-likeness (QED) is 0.189. The third-order valence-corrected chi connectivity index (χ3v) is 10.3. The highest BCUT2D eigenvalue weighted by Gasteiger charge is 2.71. The summed E-state index contributed by atoms with van der Waals surface area (Å²) in [6.07, 6.45) is 2.49. The van der Waals surface area contributed by atoms with E-state index >= 15 is 0 Å². The lowest BCUT2D eigenvalue weighted by atomic mass is 9.44. The molecular weight excluding hydrogens is 544 g/mol. The summed E-state index contributed by atoms with van der Waals surface area (Å²) in [7, 11) is 0. The van der Waals surface area contributed by atoms with E-state index in [1.165, 1.54) is 0 Å². The first-order valence-corrected chi connectivity index (χ1v) is 15.5. The first-order valence-electron chi connectivity index (χ1n) is 15.5. The Morgan fingerprint density at radius 2 is 1.67 bits per heavy atom. The van der Waals surface area contributed by atoms with Crippen molar-refractivity contribution in [3.8, 4) is 5.75 Å². The Hall–Kier alpha value is -3.19. The predicted octanol–water partition coefficient (Wildman–Crippen LogP) is 7.00. The first kappa shape index (κ1) is 32.7. The molecule has 4 atom stereocenters. The number of fused-ring (bicyclic) bond motifs is 3. The molecule has 1 aromatic rings. The maximum atomic E-state index is 14.5. The molecule has 7 heteroatoms. The second-order valence-electron chi connectivity index (χ2n) is 14.8. The molecule has 0 aliphatic heterocycles. The number of hydrogen-bond donors (Lipinski definition) is 4. The van der Waals surface area contributed by atoms with Crippen molar-refractivity contribution in [1.29, 1.82) is 0 Å². The van der Waals surface area contributed by atoms with Gasteiger partial charge in [-0.15, -0.1) is 0 Å². The van der Waals surface area contributed by atoms with E-state index in [1.54, 1.807) is 6.92 Å². The summed E-state index contributed by atoms with van der Waals surface area (Å²) in [5.41, 5.74) is -2.56. The zero-order valence-electron chi connectivity index (χ0n) is 27.1. The van der Waals surface area contributed by atoms with E-state index < -0.39 is 51.0 Å². The average molecular weight is 593 g/mol. The zero-order chi connectivity index (χ0) is 32.6. The molecule has 234 valence electrons. The van der Waals surface area contributed by atoms with Crippen LogP contribution < -0.4 is 0 Å². The molecular formula is C36H48O7. The van der Waals surface area contributed by atoms with E-state index in [0.717, 1.165) is 30.9 Å². The molecule has 0 heterocycles. The molecule has 0 radical (unpaired) electrons. The van der Waals surface area contributed by atoms with Gasteiger partial charge < -0.3 is 20.4 Å². The standard InChI is InChI=1S/C36H48O7/c1-17(2)11-12-20(7)13-22-14-23(18(3)4)24-15-34(9)16-35(10)27(19(5)6)30(39)25(21(8)37)32(41)36(35,43)33(42)28(34)31(40)26(24)29(22)38/h14,17-19,27,38-39,42-43H,7,11-13,15-16H2,1-6,8-10H3/t27?,34-,35-,36+/m1/s1. The van der Waals surface area contributed by atoms with Crippen LogP contribution in [0.3, 0.4) is 0 Å². The van der Waals surface area contributed by atoms with E-state index in [4.69, 9.17) is 0 Å². The molecule has 0 saturated heterocycles. The second kappa shape index (κ2) is 10.8. The van der Waals surface area contributed by atoms with Crippen LogP contribution in [0, 0.1) is 28.6 Å². The fourth-order valence-corrected chi connectivity index (χ4v) is 8.39. The number of rotatable bonds is 8. The van der Waals surface area contributed by atoms with Crippen molar-refractivity contribution < 1.29 is 34.8 Å². The van der Waals surface area contributed by atoms with Crippen molar-refractivity contribution in [2.24, 2.45) is 28.6 Å². The number of ketones is 3. The Labute approximate surface area is 255 Å². The SMILES string of the molecule is C=C(CCC(C)C)Cc1cc(C(C)C)c2c(c1O)C(=O)C1=C(O)[C@@]3(O)C(=O)C(C(C)=O)=C(O)C(C(C)C)[C@@]3(C)C[C@@]1(C)C2. The third kappa shape index (κ3) is 4.70. The Bertz CT molecular complexity index is 1490. The Balaban J connectivity index is 1.98. The van der Waals surface area contributed by atoms with Crippen molar-refractivity contribution in [2.45, 2.75) is 106 Å². The van der Waals surface area contributed by atoms with E-state index in [2.05, 4.69) is 20.4 Å². The molecule has 0 fully saturated rings. The number of phenols is 1. The molecule has 0 bridgehead atoms. The normalized spacial score (nSPS) is 28.9. The number of aromatic hydroxyl groups is 1. The van der Waals surface area contributed by atoms with Crippen LogP contribution in [-0.4, -0.2) is 43.4 Å². The summed E-state index contributed by atoms with van der Waals surface area (Å²) in [5.74, 6) is -4.46. The number of benzene rings is 1. The van der Waals surface area contributed by atoms with Crippen LogP contribution in [-0.2, 0) is 22.4 Å². The van der Waals surface area contributed by atoms with Gasteiger partial charge in [-0.3, -0.25) is 14.4 Å². The van der Waals surface area contributed by atoms with Crippen LogP contribution in [0.5, 0.6) is 5.75 Å². The van der Waals surface area contributed by atoms with Crippen LogP contribution in [0.2, 0.25) is 0 Å². The number of aliphatic hydroxyl groups excluding tert-OH is 2. The topological polar surface area (TPSA) is 132 Å². The maximum Gasteiger partial charge on any atom is 0.209 e. The van der Waals surface area contributed by atoms with Crippen LogP contribution in [0.15, 0.2) is 40.9 Å². The molecule has 3 aliphatic carbocycles. The molecule has 1 unspecified atom stereocenters. The van der Waals surface area contributed by atoms with Crippen LogP contribution in [0.4, 0.5) is 0 Å². The van der Waals surface area contributed by atoms with Crippen molar-refractivity contribution >= 4 is 17.3 Å². The third-order valence-electron chi connectivity index (χ3n) is 10.3. The largest absolute Gasteiger partial charge is 0.511 e. The zero-order valence-corrected chi connectivity index (χ0v) is 27.1. The summed E-state index contributed by atoms with van der Waals surface area (Å²) in [4.78, 5) is 41.0. The Morgan fingerprint density at radius 1 is 1.07 bits per heavy atom. The van der Waals surface area contributed by atoms with Crippen LogP contribution in [0.1, 0.15) is 115 Å². The Kier molecular flexibility index (Phi) is 8.19. The lowest BCUT2D eigenvalue weighted by Crippen LogP contribution is -2.67. The molecule has 0 aromatic heterocycles. The van der Waals surface area contributed by atoms with Gasteiger partial charge in [0.1, 0.15) is 22.8 Å². The van der Waals surface area contributed by atoms with Crippen molar-refractivity contribution in [3.05, 3.63) is 63.1 Å². The fraction of sp³-hybridized carbons (Fsp3) is 0.583. The highest BCUT2D eigenvalue weighted by Crippen LogP contribution is 2.65. The van der Waals surface area contributed by atoms with Crippen molar-refractivity contribution in [3.63, 3.8) is 0 Å². The van der Waals surface area contributed by atoms with Gasteiger partial charge in [0, 0.05) is 22.3 Å². The number of aliphatic hydroxyl groups is 3. The van der Waals surface area contributed by atoms with Gasteiger partial charge in [0.05, 0.1) is 5.56 Å². The highest BCUT2D eigenvalue weighted by atomic mass is 16.3. The number of Topliss-reactive ketones (excluding diaryl/α,β-unsaturated/α-hetero) is 3. The number of phenolic OH excluding ortho intramolecular Hbond substituents is 1. The summed E-state index contributed by atoms with van der Waals surface area (Å²) in [6.45, 7) is 20.8. The van der Waals surface area contributed by atoms with Gasteiger partial charge in [0.2, 0.25) is 5.78 Å². The predicted molar refractivity (Wildman–Crippen MR) is 166 cm³/mol. The monoisotopic (exact) mass is 592 g/mol. The van der Waals surface area contributed by atoms with E-state index in [1.807, 2.05) is 40.7 Å². The number of carbonyl (C=O) groups excluding carboxylic acids is 3. The molecule has 43 heavy (non-hydrogen) atoms. The van der Waals surface area contributed by atoms with Gasteiger partial charge in [-0.25, -0.2) is 0 Å². The maximum absolute atomic E-state index is 14.5. The van der Waals surface area contributed by atoms with Crippen LogP contribution >= 0.6 is 0 Å². The Morgan fingerprint density at radius 3 is 2.19 bits per heavy atom. The first-order chi connectivity index (χ1) is 19.7. The van der Waals surface area contributed by atoms with E-state index in [9.17, 15) is 34.8 Å². The smallest absolute Gasteiger partial charge is 0.209 e. The molecule has 7 nitrogen and oxygen atoms in total. The van der Waals surface area contributed by atoms with Crippen LogP contribution in [0.25, 0.3) is 0 Å². The van der Waals surface area contributed by atoms with Gasteiger partial charge in [-0.1, -0.05) is 73.6 Å². The van der Waals surface area contributed by atoms with E-state index in [-0.39, 0.29) is 47.3 Å². The molecule has 0 spiro atoms. The lowest BCUT2D eigenvalue weighted by Gasteiger charge is -2.59. The molecule has 0 saturated carbocycles. The second-order valence-corrected chi connectivity index (χ2v) is 14.8. The fourth-order valence-electron chi connectivity index (χ4n) is 8.39. The summed E-state index contributed by atoms with van der Waals surface area (Å²) < 4.78 is 0. The van der Waals surface area contributed by atoms with Gasteiger partial charge in [-0.2, -0.15) is 0 Å². The van der Waals surface area contributed by atoms with Gasteiger partial charge in [0.25, 0.3) is 0 Å². The molecule has 1 aromatic carbocycles.